The number of carbonyl (C=O) groups is 3. The van der Waals surface area contributed by atoms with Crippen molar-refractivity contribution in [2.75, 3.05) is 13.1 Å². The van der Waals surface area contributed by atoms with E-state index >= 15 is 0 Å². The largest absolute Gasteiger partial charge is 0.342 e. The second-order valence-corrected chi connectivity index (χ2v) is 11.5. The van der Waals surface area contributed by atoms with Crippen molar-refractivity contribution in [3.05, 3.63) is 46.0 Å². The van der Waals surface area contributed by atoms with E-state index in [0.717, 1.165) is 23.4 Å². The van der Waals surface area contributed by atoms with E-state index in [4.69, 9.17) is 0 Å². The Hall–Kier alpha value is -3.27. The van der Waals surface area contributed by atoms with Gasteiger partial charge in [0.05, 0.1) is 10.5 Å². The van der Waals surface area contributed by atoms with Crippen LogP contribution in [0.15, 0.2) is 29.6 Å². The first-order chi connectivity index (χ1) is 16.6. The van der Waals surface area contributed by atoms with Crippen molar-refractivity contribution in [1.82, 2.24) is 30.9 Å². The fourth-order valence-corrected chi connectivity index (χ4v) is 6.27. The molecule has 2 fully saturated rings. The molecule has 2 aliphatic rings. The van der Waals surface area contributed by atoms with Gasteiger partial charge in [0, 0.05) is 35.7 Å². The number of carbonyl (C=O) groups excluding carboxylic acids is 3. The molecule has 3 amide bonds. The maximum Gasteiger partial charge on any atom is 0.290 e. The molecule has 3 heterocycles. The molecule has 1 saturated heterocycles. The summed E-state index contributed by atoms with van der Waals surface area (Å²) < 4.78 is 0. The fourth-order valence-electron chi connectivity index (χ4n) is 5.30. The van der Waals surface area contributed by atoms with E-state index in [1.165, 1.54) is 11.3 Å². The Morgan fingerprint density at radius 3 is 2.37 bits per heavy atom. The average Bonchev–Trinajstić information content (AvgIpc) is 3.33. The van der Waals surface area contributed by atoms with Crippen LogP contribution in [0.4, 0.5) is 0 Å². The molecule has 5 rings (SSSR count). The number of hydrogen-bond acceptors (Lipinski definition) is 6. The molecule has 35 heavy (non-hydrogen) atoms. The van der Waals surface area contributed by atoms with E-state index in [-0.39, 0.29) is 40.0 Å². The molecule has 0 unspecified atom stereocenters. The zero-order valence-electron chi connectivity index (χ0n) is 20.3. The number of aromatic nitrogens is 3. The number of rotatable bonds is 4. The van der Waals surface area contributed by atoms with Gasteiger partial charge in [0.2, 0.25) is 5.91 Å². The fraction of sp³-hybridized carbons (Fsp3) is 0.480. The minimum atomic E-state index is -0.509. The molecule has 3 N–H and O–H groups in total. The lowest BCUT2D eigenvalue weighted by molar-refractivity contribution is -0.134. The van der Waals surface area contributed by atoms with Crippen molar-refractivity contribution in [2.24, 2.45) is 16.7 Å². The first-order valence-electron chi connectivity index (χ1n) is 11.9. The number of para-hydroxylation sites is 1. The number of aromatic amines is 1. The normalized spacial score (nSPS) is 19.5. The van der Waals surface area contributed by atoms with E-state index in [1.807, 2.05) is 23.1 Å². The highest BCUT2D eigenvalue weighted by Crippen LogP contribution is 2.68. The summed E-state index contributed by atoms with van der Waals surface area (Å²) in [5, 5.41) is 10.1. The van der Waals surface area contributed by atoms with Crippen molar-refractivity contribution in [2.45, 2.75) is 46.5 Å². The van der Waals surface area contributed by atoms with Gasteiger partial charge in [-0.2, -0.15) is 5.10 Å². The van der Waals surface area contributed by atoms with Gasteiger partial charge in [-0.3, -0.25) is 30.3 Å². The minimum absolute atomic E-state index is 0.0399. The smallest absolute Gasteiger partial charge is 0.290 e. The molecule has 10 heteroatoms. The lowest BCUT2D eigenvalue weighted by Crippen LogP contribution is -2.42. The summed E-state index contributed by atoms with van der Waals surface area (Å²) in [5.41, 5.74) is 6.12. The molecule has 9 nitrogen and oxygen atoms in total. The van der Waals surface area contributed by atoms with Gasteiger partial charge < -0.3 is 4.90 Å². The maximum absolute atomic E-state index is 13.0. The van der Waals surface area contributed by atoms with E-state index in [1.54, 1.807) is 11.4 Å². The number of benzene rings is 1. The summed E-state index contributed by atoms with van der Waals surface area (Å²) in [6.45, 7) is 10.1. The highest BCUT2D eigenvalue weighted by Gasteiger charge is 2.68. The summed E-state index contributed by atoms with van der Waals surface area (Å²) in [4.78, 5) is 44.6. The summed E-state index contributed by atoms with van der Waals surface area (Å²) in [6, 6.07) is 7.27. The van der Waals surface area contributed by atoms with Crippen LogP contribution in [-0.4, -0.2) is 50.9 Å². The molecule has 1 saturated carbocycles. The zero-order valence-corrected chi connectivity index (χ0v) is 21.2. The van der Waals surface area contributed by atoms with Crippen LogP contribution in [0.2, 0.25) is 0 Å². The van der Waals surface area contributed by atoms with Crippen LogP contribution in [0.1, 0.15) is 72.4 Å². The molecule has 0 radical (unpaired) electrons. The Kier molecular flexibility index (Phi) is 5.66. The molecule has 184 valence electrons. The minimum Gasteiger partial charge on any atom is -0.342 e. The van der Waals surface area contributed by atoms with Crippen LogP contribution >= 0.6 is 11.3 Å². The molecule has 1 aromatic carbocycles. The van der Waals surface area contributed by atoms with E-state index in [9.17, 15) is 14.4 Å². The van der Waals surface area contributed by atoms with Gasteiger partial charge in [-0.1, -0.05) is 45.9 Å². The van der Waals surface area contributed by atoms with E-state index in [0.29, 0.717) is 18.5 Å². The molecular formula is C25H30N6O3S. The summed E-state index contributed by atoms with van der Waals surface area (Å²) >= 11 is 1.44. The first kappa shape index (κ1) is 23.5. The van der Waals surface area contributed by atoms with Crippen LogP contribution in [0.3, 0.4) is 0 Å². The molecule has 1 aliphatic heterocycles. The number of hydrazine groups is 1. The van der Waals surface area contributed by atoms with Crippen LogP contribution in [-0.2, 0) is 4.79 Å². The number of fused-ring (bicyclic) bond motifs is 1. The molecule has 2 aromatic heterocycles. The molecular weight excluding hydrogens is 464 g/mol. The summed E-state index contributed by atoms with van der Waals surface area (Å²) in [5.74, 6) is -0.429. The Bertz CT molecular complexity index is 1290. The van der Waals surface area contributed by atoms with Crippen LogP contribution < -0.4 is 10.9 Å². The van der Waals surface area contributed by atoms with Gasteiger partial charge in [-0.15, -0.1) is 11.3 Å². The predicted octanol–water partition coefficient (Wildman–Crippen LogP) is 3.48. The molecule has 0 bridgehead atoms. The molecule has 1 aliphatic carbocycles. The Morgan fingerprint density at radius 2 is 1.69 bits per heavy atom. The van der Waals surface area contributed by atoms with Crippen LogP contribution in [0, 0.1) is 16.7 Å². The van der Waals surface area contributed by atoms with Crippen molar-refractivity contribution < 1.29 is 14.4 Å². The Labute approximate surface area is 207 Å². The van der Waals surface area contributed by atoms with Gasteiger partial charge in [-0.25, -0.2) is 4.98 Å². The number of likely N-dealkylation sites (tertiary alicyclic amines) is 1. The van der Waals surface area contributed by atoms with E-state index in [2.05, 4.69) is 53.7 Å². The summed E-state index contributed by atoms with van der Waals surface area (Å²) in [6.07, 6.45) is 1.66. The van der Waals surface area contributed by atoms with Gasteiger partial charge in [-0.05, 0) is 29.7 Å². The highest BCUT2D eigenvalue weighted by atomic mass is 32.1. The average molecular weight is 495 g/mol. The number of amides is 3. The third-order valence-electron chi connectivity index (χ3n) is 8.15. The molecule has 3 aromatic rings. The second-order valence-electron chi connectivity index (χ2n) is 10.6. The van der Waals surface area contributed by atoms with E-state index < -0.39 is 11.8 Å². The van der Waals surface area contributed by atoms with Crippen LogP contribution in [0.25, 0.3) is 10.9 Å². The standard InChI is InChI=1S/C25H30N6O3S/c1-24(2)19(25(24,3)4)23(34)31-11-9-14(10-12-31)22-26-17(13-35-22)20(32)29-30-21(33)18-15-7-5-6-8-16(15)27-28-18/h5-8,13-14,19H,9-12H2,1-4H3,(H,27,28)(H,29,32)(H,30,33). The quantitative estimate of drug-likeness (QED) is 0.480. The number of thiazole rings is 1. The third-order valence-corrected chi connectivity index (χ3v) is 9.16. The number of nitrogens with zero attached hydrogens (tertiary/aromatic N) is 3. The highest BCUT2D eigenvalue weighted by molar-refractivity contribution is 7.09. The lowest BCUT2D eigenvalue weighted by Gasteiger charge is -2.31. The monoisotopic (exact) mass is 494 g/mol. The third kappa shape index (κ3) is 3.99. The Morgan fingerprint density at radius 1 is 1.03 bits per heavy atom. The lowest BCUT2D eigenvalue weighted by atomic mass is 9.96. The number of H-pyrrole nitrogens is 1. The molecule has 0 atom stereocenters. The van der Waals surface area contributed by atoms with Gasteiger partial charge in [0.15, 0.2) is 5.69 Å². The Balaban J connectivity index is 1.14. The van der Waals surface area contributed by atoms with Gasteiger partial charge in [0.1, 0.15) is 5.69 Å². The number of nitrogens with one attached hydrogen (secondary N) is 3. The number of hydrogen-bond donors (Lipinski definition) is 3. The topological polar surface area (TPSA) is 120 Å². The van der Waals surface area contributed by atoms with Crippen molar-refractivity contribution >= 4 is 40.0 Å². The van der Waals surface area contributed by atoms with Crippen molar-refractivity contribution in [3.63, 3.8) is 0 Å². The van der Waals surface area contributed by atoms with Crippen LogP contribution in [0.5, 0.6) is 0 Å². The first-order valence-corrected chi connectivity index (χ1v) is 12.8. The second kappa shape index (κ2) is 8.44. The SMILES string of the molecule is CC1(C)C(C(=O)N2CCC(c3nc(C(=O)NNC(=O)c4n[nH]c5ccccc45)cs3)CC2)C1(C)C. The van der Waals surface area contributed by atoms with Crippen molar-refractivity contribution in [1.29, 1.82) is 0 Å². The number of piperidine rings is 1. The van der Waals surface area contributed by atoms with Crippen molar-refractivity contribution in [3.8, 4) is 0 Å². The molecule has 0 spiro atoms. The summed E-state index contributed by atoms with van der Waals surface area (Å²) in [7, 11) is 0. The van der Waals surface area contributed by atoms with Gasteiger partial charge >= 0.3 is 0 Å². The maximum atomic E-state index is 13.0. The predicted molar refractivity (Wildman–Crippen MR) is 133 cm³/mol. The zero-order chi connectivity index (χ0) is 25.0. The van der Waals surface area contributed by atoms with Gasteiger partial charge in [0.25, 0.3) is 11.8 Å².